The van der Waals surface area contributed by atoms with Crippen LogP contribution in [0.5, 0.6) is 0 Å². The molecule has 7 nitrogen and oxygen atoms in total. The zero-order valence-electron chi connectivity index (χ0n) is 10.00. The van der Waals surface area contributed by atoms with E-state index >= 15 is 0 Å². The van der Waals surface area contributed by atoms with Crippen molar-refractivity contribution in [3.63, 3.8) is 0 Å². The van der Waals surface area contributed by atoms with E-state index in [4.69, 9.17) is 16.2 Å². The first-order valence-corrected chi connectivity index (χ1v) is 6.26. The molecule has 0 aliphatic carbocycles. The highest BCUT2D eigenvalue weighted by Gasteiger charge is 2.34. The van der Waals surface area contributed by atoms with Gasteiger partial charge in [0, 0.05) is 0 Å². The van der Waals surface area contributed by atoms with Crippen LogP contribution < -0.4 is 17.0 Å². The molecular formula is C10H15N6OP. The van der Waals surface area contributed by atoms with E-state index in [0.29, 0.717) is 22.5 Å². The second kappa shape index (κ2) is 3.85. The van der Waals surface area contributed by atoms with Crippen LogP contribution in [0.3, 0.4) is 0 Å². The lowest BCUT2D eigenvalue weighted by Gasteiger charge is -2.19. The van der Waals surface area contributed by atoms with E-state index in [2.05, 4.69) is 24.2 Å². The Kier molecular flexibility index (Phi) is 2.52. The predicted molar refractivity (Wildman–Crippen MR) is 71.0 cm³/mol. The van der Waals surface area contributed by atoms with E-state index in [1.54, 1.807) is 6.33 Å². The number of aromatic nitrogens is 4. The molecule has 2 aromatic rings. The molecule has 1 fully saturated rings. The summed E-state index contributed by atoms with van der Waals surface area (Å²) in [6.45, 7) is 1.87. The maximum atomic E-state index is 5.96. The number of nitrogens with zero attached hydrogens (tertiary/aromatic N) is 4. The molecule has 8 heteroatoms. The predicted octanol–water partition coefficient (Wildman–Crippen LogP) is -0.107. The molecule has 3 heterocycles. The third kappa shape index (κ3) is 1.84. The van der Waals surface area contributed by atoms with Crippen molar-refractivity contribution in [1.29, 1.82) is 0 Å². The van der Waals surface area contributed by atoms with Gasteiger partial charge in [0.1, 0.15) is 23.0 Å². The lowest BCUT2D eigenvalue weighted by Crippen LogP contribution is -2.35. The molecule has 4 N–H and O–H groups in total. The van der Waals surface area contributed by atoms with Crippen LogP contribution in [-0.4, -0.2) is 25.2 Å². The summed E-state index contributed by atoms with van der Waals surface area (Å²) in [5, 5.41) is 0. The fraction of sp³-hybridized carbons (Fsp3) is 0.500. The molecule has 96 valence electrons. The van der Waals surface area contributed by atoms with Gasteiger partial charge in [0.15, 0.2) is 11.5 Å². The van der Waals surface area contributed by atoms with E-state index < -0.39 is 5.72 Å². The van der Waals surface area contributed by atoms with Gasteiger partial charge in [-0.3, -0.25) is 4.57 Å². The van der Waals surface area contributed by atoms with Gasteiger partial charge in [-0.05, 0) is 19.8 Å². The number of imidazole rings is 1. The zero-order chi connectivity index (χ0) is 12.9. The van der Waals surface area contributed by atoms with Crippen molar-refractivity contribution in [3.8, 4) is 0 Å². The third-order valence-electron chi connectivity index (χ3n) is 3.07. The monoisotopic (exact) mass is 266 g/mol. The Balaban J connectivity index is 2.08. The molecule has 1 aliphatic rings. The number of fused-ring (bicyclic) bond motifs is 1. The van der Waals surface area contributed by atoms with Gasteiger partial charge in [-0.2, -0.15) is 0 Å². The van der Waals surface area contributed by atoms with Gasteiger partial charge in [-0.15, -0.1) is 0 Å². The Morgan fingerprint density at radius 2 is 2.33 bits per heavy atom. The first-order valence-electron chi connectivity index (χ1n) is 5.68. The molecule has 3 atom stereocenters. The van der Waals surface area contributed by atoms with Crippen LogP contribution in [-0.2, 0) is 4.74 Å². The molecule has 3 unspecified atom stereocenters. The Hall–Kier alpha value is -1.30. The first kappa shape index (κ1) is 11.8. The number of hydrogen-bond donors (Lipinski definition) is 2. The molecule has 0 spiro atoms. The van der Waals surface area contributed by atoms with Crippen molar-refractivity contribution in [3.05, 3.63) is 6.33 Å². The normalized spacial score (nSPS) is 28.1. The summed E-state index contributed by atoms with van der Waals surface area (Å²) in [6.07, 6.45) is 3.15. The highest BCUT2D eigenvalue weighted by molar-refractivity contribution is 7.26. The smallest absolute Gasteiger partial charge is 0.168 e. The SMILES string of the molecule is CC1(N)CCC(n2cnc3c(N)nc(P)nc32)O1. The molecule has 2 aromatic heterocycles. The average molecular weight is 266 g/mol. The van der Waals surface area contributed by atoms with Crippen LogP contribution in [0.4, 0.5) is 5.82 Å². The topological polar surface area (TPSA) is 105 Å². The number of nitrogen functional groups attached to an aromatic ring is 1. The lowest BCUT2D eigenvalue weighted by atomic mass is 10.2. The van der Waals surface area contributed by atoms with Gasteiger partial charge in [0.05, 0.1) is 6.33 Å². The summed E-state index contributed by atoms with van der Waals surface area (Å²) in [7, 11) is 2.43. The van der Waals surface area contributed by atoms with E-state index in [1.807, 2.05) is 11.5 Å². The second-order valence-electron chi connectivity index (χ2n) is 4.71. The highest BCUT2D eigenvalue weighted by atomic mass is 31.0. The van der Waals surface area contributed by atoms with E-state index in [0.717, 1.165) is 12.8 Å². The maximum absolute atomic E-state index is 5.96. The van der Waals surface area contributed by atoms with Gasteiger partial charge >= 0.3 is 0 Å². The van der Waals surface area contributed by atoms with Crippen LogP contribution >= 0.6 is 9.24 Å². The third-order valence-corrected chi connectivity index (χ3v) is 3.33. The summed E-state index contributed by atoms with van der Waals surface area (Å²) >= 11 is 0. The van der Waals surface area contributed by atoms with Gasteiger partial charge in [0.25, 0.3) is 0 Å². The molecule has 0 radical (unpaired) electrons. The molecule has 0 aromatic carbocycles. The molecule has 0 amide bonds. The Morgan fingerprint density at radius 1 is 1.56 bits per heavy atom. The number of rotatable bonds is 1. The molecule has 3 rings (SSSR count). The van der Waals surface area contributed by atoms with Gasteiger partial charge in [-0.1, -0.05) is 9.24 Å². The molecule has 1 saturated heterocycles. The van der Waals surface area contributed by atoms with Crippen molar-refractivity contribution in [2.75, 3.05) is 5.73 Å². The minimum atomic E-state index is -0.594. The molecular weight excluding hydrogens is 251 g/mol. The van der Waals surface area contributed by atoms with Crippen LogP contribution in [0.15, 0.2) is 6.33 Å². The minimum absolute atomic E-state index is 0.149. The van der Waals surface area contributed by atoms with Crippen LogP contribution in [0, 0.1) is 0 Å². The van der Waals surface area contributed by atoms with Crippen molar-refractivity contribution in [2.24, 2.45) is 5.73 Å². The summed E-state index contributed by atoms with van der Waals surface area (Å²) in [5.41, 5.74) is 13.0. The van der Waals surface area contributed by atoms with Gasteiger partial charge < -0.3 is 16.2 Å². The Morgan fingerprint density at radius 3 is 3.00 bits per heavy atom. The van der Waals surface area contributed by atoms with Crippen LogP contribution in [0.1, 0.15) is 26.0 Å². The number of anilines is 1. The summed E-state index contributed by atoms with van der Waals surface area (Å²) in [5.74, 6) is 0.372. The average Bonchev–Trinajstić information content (AvgIpc) is 2.81. The van der Waals surface area contributed by atoms with E-state index in [9.17, 15) is 0 Å². The van der Waals surface area contributed by atoms with Crippen molar-refractivity contribution < 1.29 is 4.74 Å². The minimum Gasteiger partial charge on any atom is -0.382 e. The lowest BCUT2D eigenvalue weighted by molar-refractivity contribution is -0.0555. The highest BCUT2D eigenvalue weighted by Crippen LogP contribution is 2.34. The Bertz CT molecular complexity index is 610. The van der Waals surface area contributed by atoms with Crippen LogP contribution in [0.25, 0.3) is 11.2 Å². The summed E-state index contributed by atoms with van der Waals surface area (Å²) in [6, 6.07) is 0. The fourth-order valence-electron chi connectivity index (χ4n) is 2.20. The van der Waals surface area contributed by atoms with E-state index in [1.165, 1.54) is 0 Å². The summed E-state index contributed by atoms with van der Waals surface area (Å²) in [4.78, 5) is 12.6. The van der Waals surface area contributed by atoms with Crippen molar-refractivity contribution in [1.82, 2.24) is 19.5 Å². The van der Waals surface area contributed by atoms with Gasteiger partial charge in [0.2, 0.25) is 0 Å². The quantitative estimate of drug-likeness (QED) is 0.698. The zero-order valence-corrected chi connectivity index (χ0v) is 11.2. The largest absolute Gasteiger partial charge is 0.382 e. The van der Waals surface area contributed by atoms with Crippen molar-refractivity contribution in [2.45, 2.75) is 31.7 Å². The number of nitrogens with two attached hydrogens (primary N) is 2. The summed E-state index contributed by atoms with van der Waals surface area (Å²) < 4.78 is 7.63. The molecule has 0 saturated carbocycles. The standard InChI is InChI=1S/C10H15N6OP/c1-10(12)3-2-5(17-10)16-4-13-6-7(11)14-9(18)15-8(6)16/h4-5H,2-3,12,18H2,1H3,(H2,11,14,15). The van der Waals surface area contributed by atoms with Crippen LogP contribution in [0.2, 0.25) is 0 Å². The van der Waals surface area contributed by atoms with Crippen molar-refractivity contribution >= 4 is 31.8 Å². The van der Waals surface area contributed by atoms with Gasteiger partial charge in [-0.25, -0.2) is 15.0 Å². The molecule has 1 aliphatic heterocycles. The Labute approximate surface area is 106 Å². The first-order chi connectivity index (χ1) is 8.46. The number of ether oxygens (including phenoxy) is 1. The van der Waals surface area contributed by atoms with E-state index in [-0.39, 0.29) is 6.23 Å². The second-order valence-corrected chi connectivity index (χ2v) is 5.23. The molecule has 18 heavy (non-hydrogen) atoms. The number of hydrogen-bond acceptors (Lipinski definition) is 6. The maximum Gasteiger partial charge on any atom is 0.168 e. The fourth-order valence-corrected chi connectivity index (χ4v) is 2.46. The molecule has 0 bridgehead atoms.